The van der Waals surface area contributed by atoms with Crippen LogP contribution >= 0.6 is 12.4 Å². The van der Waals surface area contributed by atoms with Crippen LogP contribution in [0.5, 0.6) is 0 Å². The summed E-state index contributed by atoms with van der Waals surface area (Å²) in [5, 5.41) is 4.06. The lowest BCUT2D eigenvalue weighted by Gasteiger charge is -2.30. The molecule has 3 rings (SSSR count). The van der Waals surface area contributed by atoms with Crippen LogP contribution in [0.1, 0.15) is 37.5 Å². The second-order valence-electron chi connectivity index (χ2n) is 6.07. The molecule has 1 aromatic carbocycles. The van der Waals surface area contributed by atoms with Crippen molar-refractivity contribution in [2.24, 2.45) is 5.92 Å². The van der Waals surface area contributed by atoms with Crippen molar-refractivity contribution in [3.8, 4) is 0 Å². The normalized spacial score (nSPS) is 13.9. The topological polar surface area (TPSA) is 68.2 Å². The molecule has 1 aliphatic heterocycles. The second-order valence-corrected chi connectivity index (χ2v) is 6.07. The smallest absolute Gasteiger partial charge is 0.246 e. The van der Waals surface area contributed by atoms with E-state index in [0.717, 1.165) is 37.3 Å². The molecular formula is C16H23ClN4O. The molecule has 120 valence electrons. The van der Waals surface area contributed by atoms with Crippen LogP contribution in [-0.4, -0.2) is 16.7 Å². The van der Waals surface area contributed by atoms with E-state index in [1.807, 2.05) is 12.1 Å². The number of anilines is 2. The van der Waals surface area contributed by atoms with Gasteiger partial charge >= 0.3 is 0 Å². The van der Waals surface area contributed by atoms with Crippen LogP contribution in [0.2, 0.25) is 0 Å². The highest BCUT2D eigenvalue weighted by atomic mass is 35.5. The fraction of sp³-hybridized carbons (Fsp3) is 0.500. The highest BCUT2D eigenvalue weighted by molar-refractivity contribution is 5.85. The number of nitrogens with zero attached hydrogens (tertiary/aromatic N) is 3. The van der Waals surface area contributed by atoms with E-state index in [4.69, 9.17) is 10.3 Å². The summed E-state index contributed by atoms with van der Waals surface area (Å²) in [6.07, 6.45) is 3.00. The fourth-order valence-corrected chi connectivity index (χ4v) is 2.86. The highest BCUT2D eigenvalue weighted by Gasteiger charge is 2.20. The minimum Gasteiger partial charge on any atom is -0.398 e. The first-order valence-electron chi connectivity index (χ1n) is 7.57. The van der Waals surface area contributed by atoms with Gasteiger partial charge in [0.15, 0.2) is 5.82 Å². The summed E-state index contributed by atoms with van der Waals surface area (Å²) in [7, 11) is 0. The Kier molecular flexibility index (Phi) is 5.29. The van der Waals surface area contributed by atoms with Gasteiger partial charge < -0.3 is 15.2 Å². The summed E-state index contributed by atoms with van der Waals surface area (Å²) in [6, 6.07) is 6.09. The minimum absolute atomic E-state index is 0. The number of halogens is 1. The fourth-order valence-electron chi connectivity index (χ4n) is 2.86. The summed E-state index contributed by atoms with van der Waals surface area (Å²) >= 11 is 0. The molecule has 6 heteroatoms. The van der Waals surface area contributed by atoms with Crippen molar-refractivity contribution >= 4 is 23.8 Å². The van der Waals surface area contributed by atoms with E-state index < -0.39 is 0 Å². The molecule has 0 fully saturated rings. The summed E-state index contributed by atoms with van der Waals surface area (Å²) < 4.78 is 5.38. The van der Waals surface area contributed by atoms with E-state index in [2.05, 4.69) is 35.0 Å². The highest BCUT2D eigenvalue weighted by Crippen LogP contribution is 2.32. The van der Waals surface area contributed by atoms with Crippen LogP contribution in [-0.2, 0) is 19.4 Å². The Hall–Kier alpha value is -1.75. The average Bonchev–Trinajstić information content (AvgIpc) is 2.86. The third-order valence-electron chi connectivity index (χ3n) is 3.81. The minimum atomic E-state index is 0. The molecule has 0 aliphatic carbocycles. The molecule has 0 spiro atoms. The van der Waals surface area contributed by atoms with Crippen molar-refractivity contribution in [1.82, 2.24) is 10.1 Å². The molecule has 0 bridgehead atoms. The third kappa shape index (κ3) is 3.53. The number of rotatable bonds is 4. The zero-order valence-corrected chi connectivity index (χ0v) is 13.9. The first-order valence-corrected chi connectivity index (χ1v) is 7.57. The van der Waals surface area contributed by atoms with Gasteiger partial charge in [-0.3, -0.25) is 0 Å². The van der Waals surface area contributed by atoms with E-state index in [9.17, 15) is 0 Å². The Balaban J connectivity index is 0.00000176. The maximum Gasteiger partial charge on any atom is 0.246 e. The molecule has 2 heterocycles. The van der Waals surface area contributed by atoms with E-state index in [1.54, 1.807) is 0 Å². The van der Waals surface area contributed by atoms with Crippen molar-refractivity contribution in [2.45, 2.75) is 39.7 Å². The van der Waals surface area contributed by atoms with Crippen LogP contribution in [0, 0.1) is 5.92 Å². The molecular weight excluding hydrogens is 300 g/mol. The Morgan fingerprint density at radius 3 is 2.95 bits per heavy atom. The quantitative estimate of drug-likeness (QED) is 0.875. The van der Waals surface area contributed by atoms with Crippen molar-refractivity contribution in [1.29, 1.82) is 0 Å². The average molecular weight is 323 g/mol. The molecule has 0 amide bonds. The van der Waals surface area contributed by atoms with E-state index in [-0.39, 0.29) is 12.4 Å². The van der Waals surface area contributed by atoms with Gasteiger partial charge in [-0.25, -0.2) is 0 Å². The molecule has 0 saturated heterocycles. The zero-order chi connectivity index (χ0) is 14.8. The monoisotopic (exact) mass is 322 g/mol. The standard InChI is InChI=1S/C16H22N4O.ClH/c1-11(2)9-15-18-16(21-19-15)10-20-8-4-5-12-13(17)6-3-7-14(12)20;/h3,6-7,11H,4-5,8-10,17H2,1-2H3;1H. The van der Waals surface area contributed by atoms with Crippen LogP contribution in [0.25, 0.3) is 0 Å². The van der Waals surface area contributed by atoms with Gasteiger partial charge in [-0.05, 0) is 36.5 Å². The Morgan fingerprint density at radius 1 is 1.36 bits per heavy atom. The van der Waals surface area contributed by atoms with Crippen LogP contribution in [0.15, 0.2) is 22.7 Å². The number of benzene rings is 1. The Bertz CT molecular complexity index is 626. The largest absolute Gasteiger partial charge is 0.398 e. The lowest BCUT2D eigenvalue weighted by molar-refractivity contribution is 0.368. The van der Waals surface area contributed by atoms with Gasteiger partial charge in [-0.2, -0.15) is 4.98 Å². The van der Waals surface area contributed by atoms with Gasteiger partial charge in [0.05, 0.1) is 6.54 Å². The number of hydrogen-bond acceptors (Lipinski definition) is 5. The van der Waals surface area contributed by atoms with Gasteiger partial charge in [0.2, 0.25) is 5.89 Å². The molecule has 0 atom stereocenters. The number of nitrogens with two attached hydrogens (primary N) is 1. The van der Waals surface area contributed by atoms with E-state index >= 15 is 0 Å². The van der Waals surface area contributed by atoms with Crippen LogP contribution in [0.4, 0.5) is 11.4 Å². The lowest BCUT2D eigenvalue weighted by atomic mass is 10.00. The Labute approximate surface area is 137 Å². The summed E-state index contributed by atoms with van der Waals surface area (Å²) in [6.45, 7) is 5.96. The number of fused-ring (bicyclic) bond motifs is 1. The third-order valence-corrected chi connectivity index (χ3v) is 3.81. The van der Waals surface area contributed by atoms with Crippen molar-refractivity contribution in [3.05, 3.63) is 35.5 Å². The Morgan fingerprint density at radius 2 is 2.18 bits per heavy atom. The predicted molar refractivity (Wildman–Crippen MR) is 90.3 cm³/mol. The van der Waals surface area contributed by atoms with Gasteiger partial charge in [0.1, 0.15) is 0 Å². The number of hydrogen-bond donors (Lipinski definition) is 1. The van der Waals surface area contributed by atoms with Gasteiger partial charge in [-0.1, -0.05) is 25.1 Å². The number of nitrogen functional groups attached to an aromatic ring is 1. The van der Waals surface area contributed by atoms with Gasteiger partial charge in [-0.15, -0.1) is 12.4 Å². The van der Waals surface area contributed by atoms with Crippen molar-refractivity contribution in [3.63, 3.8) is 0 Å². The molecule has 2 aromatic rings. The molecule has 2 N–H and O–H groups in total. The van der Waals surface area contributed by atoms with Crippen LogP contribution in [0.3, 0.4) is 0 Å². The SMILES string of the molecule is CC(C)Cc1noc(CN2CCCc3c(N)cccc32)n1.Cl. The van der Waals surface area contributed by atoms with Crippen molar-refractivity contribution in [2.75, 3.05) is 17.2 Å². The molecule has 0 saturated carbocycles. The molecule has 5 nitrogen and oxygen atoms in total. The van der Waals surface area contributed by atoms with E-state index in [1.165, 1.54) is 11.3 Å². The van der Waals surface area contributed by atoms with E-state index in [0.29, 0.717) is 18.4 Å². The zero-order valence-electron chi connectivity index (χ0n) is 13.1. The predicted octanol–water partition coefficient (Wildman–Crippen LogP) is 3.22. The second kappa shape index (κ2) is 7.01. The molecule has 1 aliphatic rings. The van der Waals surface area contributed by atoms with Crippen LogP contribution < -0.4 is 10.6 Å². The molecule has 22 heavy (non-hydrogen) atoms. The summed E-state index contributed by atoms with van der Waals surface area (Å²) in [5.41, 5.74) is 9.40. The first kappa shape index (κ1) is 16.6. The summed E-state index contributed by atoms with van der Waals surface area (Å²) in [5.74, 6) is 2.01. The molecule has 0 radical (unpaired) electrons. The number of aromatic nitrogens is 2. The first-order chi connectivity index (χ1) is 10.1. The molecule has 1 aromatic heterocycles. The van der Waals surface area contributed by atoms with Gasteiger partial charge in [0, 0.05) is 24.3 Å². The lowest BCUT2D eigenvalue weighted by Crippen LogP contribution is -2.29. The maximum absolute atomic E-state index is 6.08. The van der Waals surface area contributed by atoms with Crippen molar-refractivity contribution < 1.29 is 4.52 Å². The molecule has 0 unspecified atom stereocenters. The maximum atomic E-state index is 6.08. The summed E-state index contributed by atoms with van der Waals surface area (Å²) in [4.78, 5) is 6.77. The van der Waals surface area contributed by atoms with Gasteiger partial charge in [0.25, 0.3) is 0 Å².